The van der Waals surface area contributed by atoms with Gasteiger partial charge in [-0.3, -0.25) is 0 Å². The summed E-state index contributed by atoms with van der Waals surface area (Å²) in [7, 11) is 1.72. The van der Waals surface area contributed by atoms with Gasteiger partial charge >= 0.3 is 0 Å². The highest BCUT2D eigenvalue weighted by molar-refractivity contribution is 6.31. The van der Waals surface area contributed by atoms with Crippen LogP contribution in [0.4, 0.5) is 0 Å². The van der Waals surface area contributed by atoms with Crippen molar-refractivity contribution in [1.82, 2.24) is 9.55 Å². The first-order valence-corrected chi connectivity index (χ1v) is 6.97. The van der Waals surface area contributed by atoms with Crippen molar-refractivity contribution >= 4 is 22.6 Å². The van der Waals surface area contributed by atoms with Crippen molar-refractivity contribution in [2.24, 2.45) is 5.73 Å². The monoisotopic (exact) mass is 281 g/mol. The molecule has 0 fully saturated rings. The van der Waals surface area contributed by atoms with Gasteiger partial charge in [0.05, 0.1) is 11.0 Å². The summed E-state index contributed by atoms with van der Waals surface area (Å²) in [5, 5.41) is 0.741. The Balaban J connectivity index is 2.32. The fourth-order valence-electron chi connectivity index (χ4n) is 2.21. The number of aryl methyl sites for hydroxylation is 2. The number of nitrogens with two attached hydrogens (primary N) is 1. The molecule has 2 aromatic rings. The van der Waals surface area contributed by atoms with Crippen LogP contribution in [0.5, 0.6) is 0 Å². The first-order chi connectivity index (χ1) is 9.26. The molecule has 2 N–H and O–H groups in total. The number of halogens is 1. The molecule has 5 heteroatoms. The normalized spacial score (nSPS) is 11.3. The van der Waals surface area contributed by atoms with E-state index in [1.165, 1.54) is 0 Å². The molecule has 0 saturated carbocycles. The van der Waals surface area contributed by atoms with E-state index in [2.05, 4.69) is 9.55 Å². The minimum atomic E-state index is 0.683. The predicted octanol–water partition coefficient (Wildman–Crippen LogP) is 2.62. The summed E-state index contributed by atoms with van der Waals surface area (Å²) in [6, 6.07) is 5.82. The average Bonchev–Trinajstić information content (AvgIpc) is 2.74. The molecule has 0 atom stereocenters. The highest BCUT2D eigenvalue weighted by atomic mass is 35.5. The number of ether oxygens (including phenoxy) is 1. The molecule has 0 unspecified atom stereocenters. The smallest absolute Gasteiger partial charge is 0.109 e. The fraction of sp³-hybridized carbons (Fsp3) is 0.500. The van der Waals surface area contributed by atoms with Crippen LogP contribution in [0.25, 0.3) is 11.0 Å². The maximum Gasteiger partial charge on any atom is 0.109 e. The van der Waals surface area contributed by atoms with E-state index in [4.69, 9.17) is 22.1 Å². The van der Waals surface area contributed by atoms with Crippen molar-refractivity contribution in [3.05, 3.63) is 29.0 Å². The molecule has 1 heterocycles. The van der Waals surface area contributed by atoms with Gasteiger partial charge < -0.3 is 15.0 Å². The summed E-state index contributed by atoms with van der Waals surface area (Å²) in [6.45, 7) is 2.32. The van der Waals surface area contributed by atoms with Crippen molar-refractivity contribution in [3.8, 4) is 0 Å². The SMILES string of the molecule is COCCCn1c(CCCN)nc2ccc(Cl)cc21. The third-order valence-corrected chi connectivity index (χ3v) is 3.36. The third kappa shape index (κ3) is 3.47. The second-order valence-electron chi connectivity index (χ2n) is 4.55. The second kappa shape index (κ2) is 6.89. The molecule has 0 aliphatic heterocycles. The topological polar surface area (TPSA) is 53.1 Å². The van der Waals surface area contributed by atoms with Gasteiger partial charge in [0.15, 0.2) is 0 Å². The Hall–Kier alpha value is -1.10. The van der Waals surface area contributed by atoms with Crippen molar-refractivity contribution < 1.29 is 4.74 Å². The zero-order valence-corrected chi connectivity index (χ0v) is 12.0. The maximum absolute atomic E-state index is 6.08. The van der Waals surface area contributed by atoms with Crippen LogP contribution in [0, 0.1) is 0 Å². The van der Waals surface area contributed by atoms with Gasteiger partial charge in [0, 0.05) is 31.7 Å². The molecule has 0 aliphatic carbocycles. The summed E-state index contributed by atoms with van der Waals surface area (Å²) < 4.78 is 7.35. The number of nitrogens with zero attached hydrogens (tertiary/aromatic N) is 2. The predicted molar refractivity (Wildman–Crippen MR) is 78.6 cm³/mol. The van der Waals surface area contributed by atoms with Crippen LogP contribution in [0.15, 0.2) is 18.2 Å². The number of benzene rings is 1. The molecule has 104 valence electrons. The second-order valence-corrected chi connectivity index (χ2v) is 4.99. The first-order valence-electron chi connectivity index (χ1n) is 6.60. The largest absolute Gasteiger partial charge is 0.385 e. The van der Waals surface area contributed by atoms with Gasteiger partial charge in [-0.15, -0.1) is 0 Å². The Bertz CT molecular complexity index is 539. The Morgan fingerprint density at radius 2 is 2.21 bits per heavy atom. The van der Waals surface area contributed by atoms with E-state index in [1.54, 1.807) is 7.11 Å². The number of imidazole rings is 1. The quantitative estimate of drug-likeness (QED) is 0.794. The minimum absolute atomic E-state index is 0.683. The van der Waals surface area contributed by atoms with E-state index in [0.717, 1.165) is 54.3 Å². The molecular formula is C14H20ClN3O. The molecule has 0 aliphatic rings. The molecule has 0 radical (unpaired) electrons. The van der Waals surface area contributed by atoms with E-state index >= 15 is 0 Å². The van der Waals surface area contributed by atoms with Gasteiger partial charge in [-0.25, -0.2) is 4.98 Å². The van der Waals surface area contributed by atoms with Gasteiger partial charge in [-0.1, -0.05) is 11.6 Å². The molecule has 4 nitrogen and oxygen atoms in total. The standard InChI is InChI=1S/C14H20ClN3O/c1-19-9-3-8-18-13-10-11(15)5-6-12(13)17-14(18)4-2-7-16/h5-6,10H,2-4,7-9,16H2,1H3. The molecule has 0 saturated heterocycles. The molecule has 0 bridgehead atoms. The molecular weight excluding hydrogens is 262 g/mol. The van der Waals surface area contributed by atoms with E-state index in [9.17, 15) is 0 Å². The fourth-order valence-corrected chi connectivity index (χ4v) is 2.38. The number of hydrogen-bond donors (Lipinski definition) is 1. The number of rotatable bonds is 7. The zero-order chi connectivity index (χ0) is 13.7. The Morgan fingerprint density at radius 1 is 1.37 bits per heavy atom. The lowest BCUT2D eigenvalue weighted by atomic mass is 10.3. The van der Waals surface area contributed by atoms with Crippen molar-refractivity contribution in [1.29, 1.82) is 0 Å². The summed E-state index contributed by atoms with van der Waals surface area (Å²) in [6.07, 6.45) is 2.81. The van der Waals surface area contributed by atoms with Gasteiger partial charge in [0.2, 0.25) is 0 Å². The van der Waals surface area contributed by atoms with Crippen LogP contribution in [-0.2, 0) is 17.7 Å². The van der Waals surface area contributed by atoms with Crippen LogP contribution in [0.2, 0.25) is 5.02 Å². The van der Waals surface area contributed by atoms with E-state index < -0.39 is 0 Å². The first kappa shape index (κ1) is 14.3. The molecule has 19 heavy (non-hydrogen) atoms. The lowest BCUT2D eigenvalue weighted by Gasteiger charge is -2.08. The Kier molecular flexibility index (Phi) is 5.19. The van der Waals surface area contributed by atoms with E-state index in [1.807, 2.05) is 18.2 Å². The van der Waals surface area contributed by atoms with Gasteiger partial charge in [0.25, 0.3) is 0 Å². The lowest BCUT2D eigenvalue weighted by Crippen LogP contribution is -2.08. The molecule has 0 spiro atoms. The lowest BCUT2D eigenvalue weighted by molar-refractivity contribution is 0.190. The highest BCUT2D eigenvalue weighted by Gasteiger charge is 2.10. The van der Waals surface area contributed by atoms with Crippen LogP contribution < -0.4 is 5.73 Å². The number of hydrogen-bond acceptors (Lipinski definition) is 3. The Morgan fingerprint density at radius 3 is 2.95 bits per heavy atom. The van der Waals surface area contributed by atoms with Crippen molar-refractivity contribution in [2.75, 3.05) is 20.3 Å². The van der Waals surface area contributed by atoms with Crippen molar-refractivity contribution in [2.45, 2.75) is 25.8 Å². The third-order valence-electron chi connectivity index (χ3n) is 3.12. The summed E-state index contributed by atoms with van der Waals surface area (Å²) in [5.74, 6) is 1.08. The molecule has 1 aromatic carbocycles. The number of aromatic nitrogens is 2. The highest BCUT2D eigenvalue weighted by Crippen LogP contribution is 2.21. The summed E-state index contributed by atoms with van der Waals surface area (Å²) in [4.78, 5) is 4.68. The number of methoxy groups -OCH3 is 1. The van der Waals surface area contributed by atoms with Crippen LogP contribution >= 0.6 is 11.6 Å². The maximum atomic E-state index is 6.08. The van der Waals surface area contributed by atoms with E-state index in [0.29, 0.717) is 6.54 Å². The molecule has 2 rings (SSSR count). The average molecular weight is 282 g/mol. The van der Waals surface area contributed by atoms with Crippen LogP contribution in [0.3, 0.4) is 0 Å². The number of fused-ring (bicyclic) bond motifs is 1. The molecule has 1 aromatic heterocycles. The zero-order valence-electron chi connectivity index (χ0n) is 11.2. The van der Waals surface area contributed by atoms with Gasteiger partial charge in [-0.05, 0) is 37.6 Å². The van der Waals surface area contributed by atoms with Crippen LogP contribution in [-0.4, -0.2) is 29.8 Å². The van der Waals surface area contributed by atoms with Crippen molar-refractivity contribution in [3.63, 3.8) is 0 Å². The minimum Gasteiger partial charge on any atom is -0.385 e. The summed E-state index contributed by atoms with van der Waals surface area (Å²) >= 11 is 6.08. The Labute approximate surface area is 118 Å². The van der Waals surface area contributed by atoms with E-state index in [-0.39, 0.29) is 0 Å². The van der Waals surface area contributed by atoms with Crippen LogP contribution in [0.1, 0.15) is 18.7 Å². The molecule has 0 amide bonds. The van der Waals surface area contributed by atoms with Gasteiger partial charge in [0.1, 0.15) is 5.82 Å². The summed E-state index contributed by atoms with van der Waals surface area (Å²) in [5.41, 5.74) is 7.68. The van der Waals surface area contributed by atoms with Gasteiger partial charge in [-0.2, -0.15) is 0 Å².